The maximum Gasteiger partial charge on any atom is 0.319 e. The van der Waals surface area contributed by atoms with Crippen LogP contribution < -0.4 is 10.6 Å². The smallest absolute Gasteiger partial charge is 0.319 e. The second kappa shape index (κ2) is 9.97. The number of anilines is 1. The number of carbonyl (C=O) groups is 1. The Morgan fingerprint density at radius 1 is 1.00 bits per heavy atom. The molecule has 2 amide bonds. The van der Waals surface area contributed by atoms with Crippen LogP contribution in [0.15, 0.2) is 54.6 Å². The van der Waals surface area contributed by atoms with Crippen LogP contribution in [0.5, 0.6) is 0 Å². The number of hydrogen-bond acceptors (Lipinski definition) is 2. The van der Waals surface area contributed by atoms with Gasteiger partial charge in [0.15, 0.2) is 0 Å². The fourth-order valence-electron chi connectivity index (χ4n) is 3.36. The molecule has 2 aromatic rings. The number of ether oxygens (including phenoxy) is 1. The van der Waals surface area contributed by atoms with Gasteiger partial charge in [-0.2, -0.15) is 0 Å². The Morgan fingerprint density at radius 3 is 2.54 bits per heavy atom. The predicted octanol–water partition coefficient (Wildman–Crippen LogP) is 4.75. The van der Waals surface area contributed by atoms with E-state index in [1.54, 1.807) is 0 Å². The predicted molar refractivity (Wildman–Crippen MR) is 106 cm³/mol. The minimum absolute atomic E-state index is 0.161. The Labute approximate surface area is 156 Å². The average molecular weight is 352 g/mol. The Kier molecular flexibility index (Phi) is 7.08. The number of carbonyl (C=O) groups excluding carboxylic acids is 1. The van der Waals surface area contributed by atoms with Crippen LogP contribution in [0.3, 0.4) is 0 Å². The molecule has 1 aliphatic carbocycles. The van der Waals surface area contributed by atoms with E-state index in [9.17, 15) is 4.79 Å². The molecule has 0 aromatic heterocycles. The number of hydrogen-bond donors (Lipinski definition) is 2. The Hall–Kier alpha value is -2.33. The molecule has 0 unspecified atom stereocenters. The van der Waals surface area contributed by atoms with Crippen molar-refractivity contribution in [1.29, 1.82) is 0 Å². The van der Waals surface area contributed by atoms with Gasteiger partial charge < -0.3 is 15.4 Å². The molecule has 3 rings (SSSR count). The number of para-hydroxylation sites is 1. The second-order valence-electron chi connectivity index (χ2n) is 6.83. The third kappa shape index (κ3) is 5.88. The van der Waals surface area contributed by atoms with E-state index in [4.69, 9.17) is 4.74 Å². The topological polar surface area (TPSA) is 50.4 Å². The highest BCUT2D eigenvalue weighted by Crippen LogP contribution is 2.21. The van der Waals surface area contributed by atoms with E-state index in [0.717, 1.165) is 30.7 Å². The van der Waals surface area contributed by atoms with E-state index in [1.807, 2.05) is 36.4 Å². The lowest BCUT2D eigenvalue weighted by molar-refractivity contribution is 0.0572. The summed E-state index contributed by atoms with van der Waals surface area (Å²) in [6.07, 6.45) is 7.02. The Morgan fingerprint density at radius 2 is 1.73 bits per heavy atom. The van der Waals surface area contributed by atoms with Crippen molar-refractivity contribution in [3.05, 3.63) is 65.7 Å². The monoisotopic (exact) mass is 352 g/mol. The van der Waals surface area contributed by atoms with Crippen LogP contribution in [0.25, 0.3) is 0 Å². The van der Waals surface area contributed by atoms with Crippen molar-refractivity contribution in [2.45, 2.75) is 44.6 Å². The molecule has 0 aliphatic heterocycles. The first kappa shape index (κ1) is 18.5. The van der Waals surface area contributed by atoms with Crippen LogP contribution in [-0.2, 0) is 11.2 Å². The van der Waals surface area contributed by atoms with Gasteiger partial charge in [0.25, 0.3) is 0 Å². The fourth-order valence-corrected chi connectivity index (χ4v) is 3.36. The largest absolute Gasteiger partial charge is 0.378 e. The number of urea groups is 1. The van der Waals surface area contributed by atoms with Crippen LogP contribution in [-0.4, -0.2) is 25.3 Å². The minimum atomic E-state index is -0.161. The first-order valence-corrected chi connectivity index (χ1v) is 9.59. The molecular formula is C22H28N2O2. The van der Waals surface area contributed by atoms with Crippen molar-refractivity contribution in [3.63, 3.8) is 0 Å². The van der Waals surface area contributed by atoms with Gasteiger partial charge in [-0.25, -0.2) is 4.79 Å². The normalized spacial score (nSPS) is 14.3. The molecule has 1 saturated carbocycles. The van der Waals surface area contributed by atoms with E-state index >= 15 is 0 Å². The van der Waals surface area contributed by atoms with E-state index in [-0.39, 0.29) is 6.03 Å². The zero-order chi connectivity index (χ0) is 18.0. The molecule has 0 saturated heterocycles. The number of benzene rings is 2. The molecule has 0 radical (unpaired) electrons. The van der Waals surface area contributed by atoms with Gasteiger partial charge in [0.1, 0.15) is 0 Å². The van der Waals surface area contributed by atoms with E-state index in [2.05, 4.69) is 28.8 Å². The first-order valence-electron chi connectivity index (χ1n) is 9.59. The lowest BCUT2D eigenvalue weighted by Gasteiger charge is -2.13. The summed E-state index contributed by atoms with van der Waals surface area (Å²) in [6, 6.07) is 18.1. The summed E-state index contributed by atoms with van der Waals surface area (Å²) in [4.78, 5) is 12.2. The summed E-state index contributed by atoms with van der Waals surface area (Å²) in [5.41, 5.74) is 3.20. The van der Waals surface area contributed by atoms with Gasteiger partial charge in [0.05, 0.1) is 6.10 Å². The van der Waals surface area contributed by atoms with Gasteiger partial charge in [-0.3, -0.25) is 0 Å². The van der Waals surface area contributed by atoms with Gasteiger partial charge in [-0.1, -0.05) is 61.4 Å². The van der Waals surface area contributed by atoms with Crippen molar-refractivity contribution < 1.29 is 9.53 Å². The van der Waals surface area contributed by atoms with Crippen LogP contribution in [0.4, 0.5) is 10.5 Å². The maximum absolute atomic E-state index is 12.2. The molecule has 138 valence electrons. The van der Waals surface area contributed by atoms with Crippen LogP contribution in [0.2, 0.25) is 0 Å². The van der Waals surface area contributed by atoms with Crippen LogP contribution in [0.1, 0.15) is 43.2 Å². The first-order chi connectivity index (χ1) is 12.8. The van der Waals surface area contributed by atoms with Crippen molar-refractivity contribution >= 4 is 11.7 Å². The lowest BCUT2D eigenvalue weighted by atomic mass is 10.0. The molecule has 0 heterocycles. The third-order valence-corrected chi connectivity index (χ3v) is 4.77. The minimum Gasteiger partial charge on any atom is -0.378 e. The highest BCUT2D eigenvalue weighted by atomic mass is 16.5. The highest BCUT2D eigenvalue weighted by Gasteiger charge is 2.14. The molecule has 26 heavy (non-hydrogen) atoms. The summed E-state index contributed by atoms with van der Waals surface area (Å²) in [6.45, 7) is 1.34. The molecule has 0 bridgehead atoms. The van der Waals surface area contributed by atoms with Gasteiger partial charge in [-0.15, -0.1) is 0 Å². The average Bonchev–Trinajstić information content (AvgIpc) is 3.17. The van der Waals surface area contributed by atoms with Crippen molar-refractivity contribution in [1.82, 2.24) is 5.32 Å². The van der Waals surface area contributed by atoms with Crippen LogP contribution in [0, 0.1) is 0 Å². The highest BCUT2D eigenvalue weighted by molar-refractivity contribution is 5.90. The quantitative estimate of drug-likeness (QED) is 0.674. The van der Waals surface area contributed by atoms with E-state index in [0.29, 0.717) is 12.6 Å². The summed E-state index contributed by atoms with van der Waals surface area (Å²) in [7, 11) is 0. The summed E-state index contributed by atoms with van der Waals surface area (Å²) < 4.78 is 5.82. The maximum atomic E-state index is 12.2. The Bertz CT molecular complexity index is 682. The molecule has 1 aliphatic rings. The van der Waals surface area contributed by atoms with E-state index < -0.39 is 0 Å². The van der Waals surface area contributed by atoms with Crippen molar-refractivity contribution in [3.8, 4) is 0 Å². The summed E-state index contributed by atoms with van der Waals surface area (Å²) >= 11 is 0. The molecule has 0 spiro atoms. The number of rotatable bonds is 8. The van der Waals surface area contributed by atoms with Crippen molar-refractivity contribution in [2.75, 3.05) is 18.5 Å². The zero-order valence-electron chi connectivity index (χ0n) is 15.2. The molecular weight excluding hydrogens is 324 g/mol. The fraction of sp³-hybridized carbons (Fsp3) is 0.409. The van der Waals surface area contributed by atoms with Gasteiger partial charge >= 0.3 is 6.03 Å². The molecule has 0 atom stereocenters. The molecule has 4 heteroatoms. The second-order valence-corrected chi connectivity index (χ2v) is 6.83. The zero-order valence-corrected chi connectivity index (χ0v) is 15.2. The lowest BCUT2D eigenvalue weighted by Crippen LogP contribution is -2.30. The van der Waals surface area contributed by atoms with Gasteiger partial charge in [-0.05, 0) is 42.9 Å². The van der Waals surface area contributed by atoms with E-state index in [1.165, 1.54) is 31.2 Å². The summed E-state index contributed by atoms with van der Waals surface area (Å²) in [5.74, 6) is 0. The number of amides is 2. The molecule has 2 aromatic carbocycles. The van der Waals surface area contributed by atoms with Crippen molar-refractivity contribution in [2.24, 2.45) is 0 Å². The molecule has 1 fully saturated rings. The van der Waals surface area contributed by atoms with Gasteiger partial charge in [0, 0.05) is 18.8 Å². The molecule has 2 N–H and O–H groups in total. The SMILES string of the molecule is O=C(NCCCOC1CCCC1)Nc1ccccc1Cc1ccccc1. The van der Waals surface area contributed by atoms with Crippen LogP contribution >= 0.6 is 0 Å². The summed E-state index contributed by atoms with van der Waals surface area (Å²) in [5, 5.41) is 5.89. The molecule has 4 nitrogen and oxygen atoms in total. The number of nitrogens with one attached hydrogen (secondary N) is 2. The third-order valence-electron chi connectivity index (χ3n) is 4.77. The van der Waals surface area contributed by atoms with Gasteiger partial charge in [0.2, 0.25) is 0 Å². The Balaban J connectivity index is 1.42. The standard InChI is InChI=1S/C22H28N2O2/c25-22(23-15-8-16-26-20-12-5-6-13-20)24-21-14-7-4-11-19(21)17-18-9-2-1-3-10-18/h1-4,7,9-11,14,20H,5-6,8,12-13,15-17H2,(H2,23,24,25).